The number of hydrogen-bond donors (Lipinski definition) is 1. The normalized spacial score (nSPS) is 12.1. The Labute approximate surface area is 100 Å². The molecular weight excluding hydrogens is 223 g/mol. The molecule has 0 aromatic heterocycles. The molecule has 0 aliphatic heterocycles. The second-order valence-corrected chi connectivity index (χ2v) is 4.05. The second-order valence-electron chi connectivity index (χ2n) is 4.05. The molecule has 2 N–H and O–H groups in total. The second kappa shape index (κ2) is 5.63. The van der Waals surface area contributed by atoms with Crippen LogP contribution < -0.4 is 10.5 Å². The van der Waals surface area contributed by atoms with E-state index in [1.165, 1.54) is 11.0 Å². The van der Waals surface area contributed by atoms with Gasteiger partial charge >= 0.3 is 0 Å². The molecule has 1 aromatic rings. The average Bonchev–Trinajstić information content (AvgIpc) is 2.25. The van der Waals surface area contributed by atoms with Gasteiger partial charge < -0.3 is 15.4 Å². The Hall–Kier alpha value is -1.62. The minimum absolute atomic E-state index is 0.107. The minimum Gasteiger partial charge on any atom is -0.484 e. The van der Waals surface area contributed by atoms with Crippen molar-refractivity contribution in [2.75, 3.05) is 20.7 Å². The fraction of sp³-hybridized carbons (Fsp3) is 0.417. The van der Waals surface area contributed by atoms with Gasteiger partial charge in [0.25, 0.3) is 5.91 Å². The lowest BCUT2D eigenvalue weighted by atomic mass is 10.1. The fourth-order valence-corrected chi connectivity index (χ4v) is 1.24. The number of carbonyl (C=O) groups is 1. The van der Waals surface area contributed by atoms with Crippen LogP contribution >= 0.6 is 0 Å². The number of benzene rings is 1. The number of amides is 1. The number of rotatable bonds is 4. The fourth-order valence-electron chi connectivity index (χ4n) is 1.24. The summed E-state index contributed by atoms with van der Waals surface area (Å²) in [6, 6.07) is 4.04. The molecule has 0 bridgehead atoms. The molecule has 17 heavy (non-hydrogen) atoms. The van der Waals surface area contributed by atoms with Gasteiger partial charge in [-0.05, 0) is 13.0 Å². The maximum absolute atomic E-state index is 13.5. The third-order valence-corrected chi connectivity index (χ3v) is 2.32. The highest BCUT2D eigenvalue weighted by molar-refractivity contribution is 5.77. The van der Waals surface area contributed by atoms with Crippen LogP contribution in [0.3, 0.4) is 0 Å². The van der Waals surface area contributed by atoms with E-state index in [9.17, 15) is 9.18 Å². The molecule has 0 unspecified atom stereocenters. The Morgan fingerprint density at radius 1 is 1.53 bits per heavy atom. The summed E-state index contributed by atoms with van der Waals surface area (Å²) in [7, 11) is 3.26. The quantitative estimate of drug-likeness (QED) is 0.863. The third kappa shape index (κ3) is 3.71. The van der Waals surface area contributed by atoms with Gasteiger partial charge in [-0.2, -0.15) is 0 Å². The lowest BCUT2D eigenvalue weighted by Crippen LogP contribution is -2.27. The average molecular weight is 240 g/mol. The summed E-state index contributed by atoms with van der Waals surface area (Å²) in [6.45, 7) is 1.60. The molecule has 4 nitrogen and oxygen atoms in total. The van der Waals surface area contributed by atoms with Gasteiger partial charge in [-0.25, -0.2) is 4.39 Å². The van der Waals surface area contributed by atoms with E-state index < -0.39 is 5.82 Å². The number of hydrogen-bond acceptors (Lipinski definition) is 3. The summed E-state index contributed by atoms with van der Waals surface area (Å²) in [5.74, 6) is -0.279. The van der Waals surface area contributed by atoms with Gasteiger partial charge in [0.1, 0.15) is 11.6 Å². The van der Waals surface area contributed by atoms with E-state index in [4.69, 9.17) is 10.5 Å². The zero-order valence-electron chi connectivity index (χ0n) is 10.2. The Morgan fingerprint density at radius 3 is 2.65 bits per heavy atom. The topological polar surface area (TPSA) is 55.6 Å². The SMILES string of the molecule is C[C@H](N)c1ccc(OCC(=O)N(C)C)cc1F. The van der Waals surface area contributed by atoms with E-state index in [1.54, 1.807) is 33.2 Å². The van der Waals surface area contributed by atoms with Crippen LogP contribution in [0.5, 0.6) is 5.75 Å². The van der Waals surface area contributed by atoms with E-state index in [0.29, 0.717) is 11.3 Å². The summed E-state index contributed by atoms with van der Waals surface area (Å²) in [6.07, 6.45) is 0. The molecule has 0 saturated carbocycles. The molecule has 0 heterocycles. The maximum Gasteiger partial charge on any atom is 0.259 e. The van der Waals surface area contributed by atoms with Gasteiger partial charge in [0.05, 0.1) is 0 Å². The molecule has 5 heteroatoms. The number of halogens is 1. The molecule has 0 aliphatic rings. The maximum atomic E-state index is 13.5. The van der Waals surface area contributed by atoms with Crippen LogP contribution in [0.2, 0.25) is 0 Å². The Kier molecular flexibility index (Phi) is 4.45. The summed E-state index contributed by atoms with van der Waals surface area (Å²) in [5, 5.41) is 0. The Balaban J connectivity index is 2.68. The third-order valence-electron chi connectivity index (χ3n) is 2.32. The molecule has 94 valence electrons. The summed E-state index contributed by atoms with van der Waals surface area (Å²) in [4.78, 5) is 12.7. The monoisotopic (exact) mass is 240 g/mol. The highest BCUT2D eigenvalue weighted by Crippen LogP contribution is 2.20. The summed E-state index contributed by atoms with van der Waals surface area (Å²) in [5.41, 5.74) is 6.01. The van der Waals surface area contributed by atoms with Gasteiger partial charge in [0.15, 0.2) is 6.61 Å². The number of carbonyl (C=O) groups excluding carboxylic acids is 1. The van der Waals surface area contributed by atoms with Gasteiger partial charge in [-0.3, -0.25) is 4.79 Å². The van der Waals surface area contributed by atoms with Crippen molar-refractivity contribution in [1.29, 1.82) is 0 Å². The molecule has 1 aromatic carbocycles. The highest BCUT2D eigenvalue weighted by atomic mass is 19.1. The van der Waals surface area contributed by atoms with Crippen LogP contribution in [-0.2, 0) is 4.79 Å². The Bertz CT molecular complexity index is 405. The van der Waals surface area contributed by atoms with Crippen molar-refractivity contribution in [3.8, 4) is 5.75 Å². The van der Waals surface area contributed by atoms with Crippen molar-refractivity contribution < 1.29 is 13.9 Å². The smallest absolute Gasteiger partial charge is 0.259 e. The molecule has 1 rings (SSSR count). The number of nitrogens with zero attached hydrogens (tertiary/aromatic N) is 1. The minimum atomic E-state index is -0.421. The molecule has 0 radical (unpaired) electrons. The zero-order chi connectivity index (χ0) is 13.0. The standard InChI is InChI=1S/C12H17FN2O2/c1-8(14)10-5-4-9(6-11(10)13)17-7-12(16)15(2)3/h4-6,8H,7,14H2,1-3H3/t8-/m0/s1. The molecular formula is C12H17FN2O2. The van der Waals surface area contributed by atoms with E-state index in [-0.39, 0.29) is 18.6 Å². The molecule has 0 fully saturated rings. The van der Waals surface area contributed by atoms with Gasteiger partial charge in [0, 0.05) is 31.8 Å². The van der Waals surface area contributed by atoms with Crippen LogP contribution in [-0.4, -0.2) is 31.5 Å². The van der Waals surface area contributed by atoms with Crippen molar-refractivity contribution in [1.82, 2.24) is 4.90 Å². The predicted octanol–water partition coefficient (Wildman–Crippen LogP) is 1.31. The van der Waals surface area contributed by atoms with E-state index in [1.807, 2.05) is 0 Å². The van der Waals surface area contributed by atoms with Crippen LogP contribution in [0.15, 0.2) is 18.2 Å². The lowest BCUT2D eigenvalue weighted by Gasteiger charge is -2.12. The van der Waals surface area contributed by atoms with Gasteiger partial charge in [0.2, 0.25) is 0 Å². The van der Waals surface area contributed by atoms with Crippen molar-refractivity contribution in [3.63, 3.8) is 0 Å². The van der Waals surface area contributed by atoms with Crippen molar-refractivity contribution in [2.24, 2.45) is 5.73 Å². The molecule has 0 aliphatic carbocycles. The largest absolute Gasteiger partial charge is 0.484 e. The van der Waals surface area contributed by atoms with Crippen molar-refractivity contribution >= 4 is 5.91 Å². The summed E-state index contributed by atoms with van der Waals surface area (Å²) >= 11 is 0. The van der Waals surface area contributed by atoms with E-state index >= 15 is 0 Å². The first-order valence-electron chi connectivity index (χ1n) is 5.29. The van der Waals surface area contributed by atoms with Crippen molar-refractivity contribution in [3.05, 3.63) is 29.6 Å². The van der Waals surface area contributed by atoms with Gasteiger partial charge in [-0.1, -0.05) is 6.07 Å². The molecule has 1 amide bonds. The first-order chi connectivity index (χ1) is 7.91. The van der Waals surface area contributed by atoms with E-state index in [0.717, 1.165) is 0 Å². The molecule has 0 spiro atoms. The van der Waals surface area contributed by atoms with Crippen LogP contribution in [0.1, 0.15) is 18.5 Å². The predicted molar refractivity (Wildman–Crippen MR) is 63.2 cm³/mol. The molecule has 0 saturated heterocycles. The zero-order valence-corrected chi connectivity index (χ0v) is 10.2. The Morgan fingerprint density at radius 2 is 2.18 bits per heavy atom. The van der Waals surface area contributed by atoms with E-state index in [2.05, 4.69) is 0 Å². The van der Waals surface area contributed by atoms with Crippen LogP contribution in [0.25, 0.3) is 0 Å². The van der Waals surface area contributed by atoms with Crippen LogP contribution in [0, 0.1) is 5.82 Å². The lowest BCUT2D eigenvalue weighted by molar-refractivity contribution is -0.130. The number of ether oxygens (including phenoxy) is 1. The number of nitrogens with two attached hydrogens (primary N) is 1. The summed E-state index contributed by atoms with van der Waals surface area (Å²) < 4.78 is 18.7. The van der Waals surface area contributed by atoms with Crippen LogP contribution in [0.4, 0.5) is 4.39 Å². The first-order valence-corrected chi connectivity index (χ1v) is 5.29. The molecule has 1 atom stereocenters. The number of likely N-dealkylation sites (N-methyl/N-ethyl adjacent to an activating group) is 1. The first kappa shape index (κ1) is 13.4. The van der Waals surface area contributed by atoms with Crippen molar-refractivity contribution in [2.45, 2.75) is 13.0 Å². The highest BCUT2D eigenvalue weighted by Gasteiger charge is 2.09. The van der Waals surface area contributed by atoms with Gasteiger partial charge in [-0.15, -0.1) is 0 Å².